The van der Waals surface area contributed by atoms with Crippen molar-refractivity contribution in [3.05, 3.63) is 0 Å². The predicted molar refractivity (Wildman–Crippen MR) is 58.1 cm³/mol. The van der Waals surface area contributed by atoms with E-state index in [1.54, 1.807) is 0 Å². The number of halogens is 1. The van der Waals surface area contributed by atoms with Crippen molar-refractivity contribution >= 4 is 21.4 Å². The van der Waals surface area contributed by atoms with Gasteiger partial charge in [0, 0.05) is 5.88 Å². The number of rotatable bonds is 8. The zero-order chi connectivity index (χ0) is 10.2. The van der Waals surface area contributed by atoms with E-state index < -0.39 is 9.84 Å². The number of alkyl halides is 1. The third-order valence-electron chi connectivity index (χ3n) is 1.90. The van der Waals surface area contributed by atoms with Crippen LogP contribution in [0.15, 0.2) is 0 Å². The fourth-order valence-electron chi connectivity index (χ4n) is 1.09. The molecule has 0 rings (SSSR count). The molecule has 0 radical (unpaired) electrons. The molecule has 13 heavy (non-hydrogen) atoms. The van der Waals surface area contributed by atoms with Gasteiger partial charge in [0.15, 0.2) is 0 Å². The van der Waals surface area contributed by atoms with Crippen LogP contribution < -0.4 is 0 Å². The van der Waals surface area contributed by atoms with Gasteiger partial charge in [-0.3, -0.25) is 0 Å². The maximum atomic E-state index is 11.3. The topological polar surface area (TPSA) is 34.1 Å². The van der Waals surface area contributed by atoms with Crippen LogP contribution in [0.3, 0.4) is 0 Å². The largest absolute Gasteiger partial charge is 0.229 e. The predicted octanol–water partition coefficient (Wildman–Crippen LogP) is 2.61. The highest BCUT2D eigenvalue weighted by atomic mass is 35.5. The molecule has 0 amide bonds. The van der Waals surface area contributed by atoms with Crippen LogP contribution in [-0.4, -0.2) is 25.8 Å². The first kappa shape index (κ1) is 13.2. The second kappa shape index (κ2) is 7.63. The van der Waals surface area contributed by atoms with Crippen LogP contribution >= 0.6 is 11.6 Å². The zero-order valence-electron chi connectivity index (χ0n) is 8.26. The van der Waals surface area contributed by atoms with Crippen molar-refractivity contribution in [1.82, 2.24) is 0 Å². The van der Waals surface area contributed by atoms with E-state index in [0.717, 1.165) is 25.7 Å². The van der Waals surface area contributed by atoms with E-state index in [9.17, 15) is 8.42 Å². The highest BCUT2D eigenvalue weighted by molar-refractivity contribution is 7.91. The summed E-state index contributed by atoms with van der Waals surface area (Å²) in [7, 11) is -2.78. The van der Waals surface area contributed by atoms with Crippen LogP contribution in [0.2, 0.25) is 0 Å². The lowest BCUT2D eigenvalue weighted by Crippen LogP contribution is -2.11. The highest BCUT2D eigenvalue weighted by Gasteiger charge is 2.08. The van der Waals surface area contributed by atoms with E-state index in [1.165, 1.54) is 0 Å². The molecule has 0 spiro atoms. The van der Waals surface area contributed by atoms with E-state index in [1.807, 2.05) is 0 Å². The molecule has 0 aromatic rings. The number of hydrogen-bond acceptors (Lipinski definition) is 2. The third kappa shape index (κ3) is 8.57. The number of hydrogen-bond donors (Lipinski definition) is 0. The summed E-state index contributed by atoms with van der Waals surface area (Å²) in [6, 6.07) is 0. The SMILES string of the molecule is CCCCCS(=O)(=O)CCCCCl. The summed E-state index contributed by atoms with van der Waals surface area (Å²) in [5, 5.41) is 0. The Morgan fingerprint density at radius 3 is 2.00 bits per heavy atom. The quantitative estimate of drug-likeness (QED) is 0.471. The van der Waals surface area contributed by atoms with Gasteiger partial charge < -0.3 is 0 Å². The molecular weight excluding hydrogens is 208 g/mol. The third-order valence-corrected chi connectivity index (χ3v) is 3.99. The molecule has 0 atom stereocenters. The van der Waals surface area contributed by atoms with Crippen LogP contribution in [0.5, 0.6) is 0 Å². The van der Waals surface area contributed by atoms with Crippen molar-refractivity contribution in [3.63, 3.8) is 0 Å². The Kier molecular flexibility index (Phi) is 7.77. The maximum Gasteiger partial charge on any atom is 0.150 e. The monoisotopic (exact) mass is 226 g/mol. The van der Waals surface area contributed by atoms with Gasteiger partial charge in [0.1, 0.15) is 9.84 Å². The lowest BCUT2D eigenvalue weighted by molar-refractivity contribution is 0.588. The molecule has 0 aliphatic heterocycles. The van der Waals surface area contributed by atoms with Crippen LogP contribution in [0.1, 0.15) is 39.0 Å². The summed E-state index contributed by atoms with van der Waals surface area (Å²) in [4.78, 5) is 0. The van der Waals surface area contributed by atoms with Gasteiger partial charge >= 0.3 is 0 Å². The van der Waals surface area contributed by atoms with Gasteiger partial charge in [0.05, 0.1) is 11.5 Å². The van der Waals surface area contributed by atoms with Crippen molar-refractivity contribution < 1.29 is 8.42 Å². The number of unbranched alkanes of at least 4 members (excludes halogenated alkanes) is 3. The normalized spacial score (nSPS) is 11.8. The fourth-order valence-corrected chi connectivity index (χ4v) is 2.77. The molecule has 80 valence electrons. The van der Waals surface area contributed by atoms with Gasteiger partial charge in [-0.25, -0.2) is 8.42 Å². The van der Waals surface area contributed by atoms with E-state index in [4.69, 9.17) is 11.6 Å². The minimum absolute atomic E-state index is 0.309. The highest BCUT2D eigenvalue weighted by Crippen LogP contribution is 2.03. The summed E-state index contributed by atoms with van der Waals surface area (Å²) in [5.74, 6) is 1.22. The first-order chi connectivity index (χ1) is 6.12. The first-order valence-electron chi connectivity index (χ1n) is 4.89. The minimum atomic E-state index is -2.78. The maximum absolute atomic E-state index is 11.3. The minimum Gasteiger partial charge on any atom is -0.229 e. The van der Waals surface area contributed by atoms with E-state index in [0.29, 0.717) is 23.8 Å². The molecule has 0 aromatic carbocycles. The Bertz CT molecular complexity index is 184. The molecule has 0 saturated heterocycles. The Labute approximate surface area is 86.6 Å². The number of sulfone groups is 1. The lowest BCUT2D eigenvalue weighted by atomic mass is 10.3. The summed E-state index contributed by atoms with van der Waals surface area (Å²) >= 11 is 5.46. The molecule has 0 bridgehead atoms. The molecule has 0 saturated carbocycles. The van der Waals surface area contributed by atoms with Crippen molar-refractivity contribution in [2.45, 2.75) is 39.0 Å². The van der Waals surface area contributed by atoms with Crippen molar-refractivity contribution in [2.24, 2.45) is 0 Å². The average Bonchev–Trinajstić information content (AvgIpc) is 2.05. The molecule has 4 heteroatoms. The van der Waals surface area contributed by atoms with Gasteiger partial charge in [-0.1, -0.05) is 19.8 Å². The molecule has 0 N–H and O–H groups in total. The first-order valence-corrected chi connectivity index (χ1v) is 7.24. The Morgan fingerprint density at radius 1 is 1.00 bits per heavy atom. The van der Waals surface area contributed by atoms with Crippen LogP contribution in [0, 0.1) is 0 Å². The van der Waals surface area contributed by atoms with E-state index >= 15 is 0 Å². The molecule has 0 aliphatic carbocycles. The fraction of sp³-hybridized carbons (Fsp3) is 1.00. The van der Waals surface area contributed by atoms with Crippen LogP contribution in [0.4, 0.5) is 0 Å². The Morgan fingerprint density at radius 2 is 1.54 bits per heavy atom. The average molecular weight is 227 g/mol. The molecule has 0 aromatic heterocycles. The van der Waals surface area contributed by atoms with Gasteiger partial charge in [-0.15, -0.1) is 11.6 Å². The van der Waals surface area contributed by atoms with Gasteiger partial charge in [0.2, 0.25) is 0 Å². The van der Waals surface area contributed by atoms with Crippen molar-refractivity contribution in [3.8, 4) is 0 Å². The van der Waals surface area contributed by atoms with E-state index in [-0.39, 0.29) is 0 Å². The molecule has 0 unspecified atom stereocenters. The second-order valence-corrected chi connectivity index (χ2v) is 5.94. The van der Waals surface area contributed by atoms with Crippen LogP contribution in [-0.2, 0) is 9.84 Å². The van der Waals surface area contributed by atoms with Gasteiger partial charge in [-0.05, 0) is 19.3 Å². The van der Waals surface area contributed by atoms with Gasteiger partial charge in [0.25, 0.3) is 0 Å². The van der Waals surface area contributed by atoms with Crippen LogP contribution in [0.25, 0.3) is 0 Å². The van der Waals surface area contributed by atoms with Gasteiger partial charge in [-0.2, -0.15) is 0 Å². The summed E-state index contributed by atoms with van der Waals surface area (Å²) < 4.78 is 22.7. The molecule has 0 fully saturated rings. The molecular formula is C9H19ClO2S. The zero-order valence-corrected chi connectivity index (χ0v) is 9.83. The summed E-state index contributed by atoms with van der Waals surface area (Å²) in [5.41, 5.74) is 0. The van der Waals surface area contributed by atoms with Crippen molar-refractivity contribution in [1.29, 1.82) is 0 Å². The second-order valence-electron chi connectivity index (χ2n) is 3.26. The van der Waals surface area contributed by atoms with E-state index in [2.05, 4.69) is 6.92 Å². The van der Waals surface area contributed by atoms with Crippen molar-refractivity contribution in [2.75, 3.05) is 17.4 Å². The Hall–Kier alpha value is 0.240. The molecule has 2 nitrogen and oxygen atoms in total. The summed E-state index contributed by atoms with van der Waals surface area (Å²) in [6.45, 7) is 2.07. The lowest BCUT2D eigenvalue weighted by Gasteiger charge is -2.02. The summed E-state index contributed by atoms with van der Waals surface area (Å²) in [6.07, 6.45) is 4.39. The smallest absolute Gasteiger partial charge is 0.150 e. The molecule has 0 heterocycles. The standard InChI is InChI=1S/C9H19ClO2S/c1-2-3-5-8-13(11,12)9-6-4-7-10/h2-9H2,1H3. The molecule has 0 aliphatic rings. The Balaban J connectivity index is 3.55.